The Morgan fingerprint density at radius 3 is 2.57 bits per heavy atom. The zero-order chi connectivity index (χ0) is 19.7. The fourth-order valence-corrected chi connectivity index (χ4v) is 4.53. The van der Waals surface area contributed by atoms with Gasteiger partial charge in [0.1, 0.15) is 12.1 Å². The van der Waals surface area contributed by atoms with Crippen molar-refractivity contribution in [3.05, 3.63) is 12.0 Å². The van der Waals surface area contributed by atoms with Crippen LogP contribution >= 0.6 is 0 Å². The molecule has 2 aromatic rings. The first-order chi connectivity index (χ1) is 13.6. The van der Waals surface area contributed by atoms with Crippen LogP contribution in [0.5, 0.6) is 0 Å². The first kappa shape index (κ1) is 19.6. The number of fused-ring (bicyclic) bond motifs is 1. The van der Waals surface area contributed by atoms with Gasteiger partial charge in [-0.2, -0.15) is 5.10 Å². The average Bonchev–Trinajstić information content (AvgIpc) is 3.01. The topological polar surface area (TPSA) is 70.3 Å². The number of β-amino-alcohol motifs (C(OH)–C–C–N with tert-alkyl or cyclic N) is 1. The van der Waals surface area contributed by atoms with E-state index in [-0.39, 0.29) is 6.10 Å². The Morgan fingerprint density at radius 1 is 1.18 bits per heavy atom. The molecule has 0 atom stereocenters. The highest BCUT2D eigenvalue weighted by Gasteiger charge is 2.33. The number of piperidine rings is 1. The summed E-state index contributed by atoms with van der Waals surface area (Å²) in [4.78, 5) is 14.2. The van der Waals surface area contributed by atoms with Gasteiger partial charge in [0.05, 0.1) is 17.2 Å². The average molecular weight is 387 g/mol. The van der Waals surface area contributed by atoms with E-state index in [0.717, 1.165) is 87.4 Å². The second kappa shape index (κ2) is 8.33. The molecule has 0 aliphatic carbocycles. The zero-order valence-corrected chi connectivity index (χ0v) is 17.5. The molecule has 2 aliphatic heterocycles. The molecule has 0 aromatic carbocycles. The molecule has 0 amide bonds. The minimum Gasteiger partial charge on any atom is -0.390 e. The molecule has 0 spiro atoms. The standard InChI is InChI=1S/C21H34N6O/c1-4-5-8-27-21-19(18(24-27)11-15(2)3)20(22-14-23-21)25-9-6-16(7-10-25)26-12-17(28)13-26/h14-17,28H,4-13H2,1-3H3. The van der Waals surface area contributed by atoms with E-state index in [0.29, 0.717) is 12.0 Å². The van der Waals surface area contributed by atoms with Gasteiger partial charge < -0.3 is 10.0 Å². The van der Waals surface area contributed by atoms with Gasteiger partial charge in [-0.25, -0.2) is 14.6 Å². The van der Waals surface area contributed by atoms with Crippen LogP contribution in [0.3, 0.4) is 0 Å². The van der Waals surface area contributed by atoms with Gasteiger partial charge in [0.2, 0.25) is 0 Å². The maximum atomic E-state index is 9.59. The van der Waals surface area contributed by atoms with Crippen molar-refractivity contribution in [1.82, 2.24) is 24.6 Å². The van der Waals surface area contributed by atoms with E-state index >= 15 is 0 Å². The molecular weight excluding hydrogens is 352 g/mol. The van der Waals surface area contributed by atoms with Crippen LogP contribution in [0.4, 0.5) is 5.82 Å². The molecule has 154 valence electrons. The van der Waals surface area contributed by atoms with E-state index in [1.54, 1.807) is 6.33 Å². The van der Waals surface area contributed by atoms with Crippen LogP contribution in [0.25, 0.3) is 11.0 Å². The smallest absolute Gasteiger partial charge is 0.163 e. The van der Waals surface area contributed by atoms with Gasteiger partial charge >= 0.3 is 0 Å². The van der Waals surface area contributed by atoms with Crippen molar-refractivity contribution in [2.24, 2.45) is 5.92 Å². The van der Waals surface area contributed by atoms with Gasteiger partial charge in [0, 0.05) is 38.8 Å². The Hall–Kier alpha value is -1.73. The molecule has 2 aliphatic rings. The Labute approximate surface area is 167 Å². The summed E-state index contributed by atoms with van der Waals surface area (Å²) in [7, 11) is 0. The number of aromatic nitrogens is 4. The summed E-state index contributed by atoms with van der Waals surface area (Å²) in [5, 5.41) is 15.7. The van der Waals surface area contributed by atoms with Crippen molar-refractivity contribution in [2.75, 3.05) is 31.1 Å². The number of hydrogen-bond acceptors (Lipinski definition) is 6. The van der Waals surface area contributed by atoms with Crippen LogP contribution in [0.1, 0.15) is 52.1 Å². The highest BCUT2D eigenvalue weighted by atomic mass is 16.3. The van der Waals surface area contributed by atoms with Crippen molar-refractivity contribution in [1.29, 1.82) is 0 Å². The maximum Gasteiger partial charge on any atom is 0.163 e. The molecule has 0 unspecified atom stereocenters. The molecule has 2 fully saturated rings. The van der Waals surface area contributed by atoms with E-state index < -0.39 is 0 Å². The monoisotopic (exact) mass is 386 g/mol. The molecule has 4 rings (SSSR count). The molecule has 0 bridgehead atoms. The number of aliphatic hydroxyl groups is 1. The predicted molar refractivity (Wildman–Crippen MR) is 112 cm³/mol. The van der Waals surface area contributed by atoms with Crippen molar-refractivity contribution < 1.29 is 5.11 Å². The first-order valence-corrected chi connectivity index (χ1v) is 10.9. The number of rotatable bonds is 7. The number of likely N-dealkylation sites (tertiary alicyclic amines) is 1. The van der Waals surface area contributed by atoms with E-state index in [2.05, 4.69) is 40.2 Å². The lowest BCUT2D eigenvalue weighted by molar-refractivity contribution is -0.0301. The second-order valence-electron chi connectivity index (χ2n) is 8.84. The molecule has 28 heavy (non-hydrogen) atoms. The normalized spacial score (nSPS) is 19.7. The summed E-state index contributed by atoms with van der Waals surface area (Å²) in [5.74, 6) is 1.61. The van der Waals surface area contributed by atoms with Gasteiger partial charge in [0.25, 0.3) is 0 Å². The summed E-state index contributed by atoms with van der Waals surface area (Å²) in [6, 6.07) is 0.597. The third-order valence-corrected chi connectivity index (χ3v) is 6.08. The van der Waals surface area contributed by atoms with Gasteiger partial charge in [-0.1, -0.05) is 27.2 Å². The number of unbranched alkanes of at least 4 members (excludes halogenated alkanes) is 1. The number of hydrogen-bond donors (Lipinski definition) is 1. The molecule has 1 N–H and O–H groups in total. The quantitative estimate of drug-likeness (QED) is 0.788. The lowest BCUT2D eigenvalue weighted by Crippen LogP contribution is -2.57. The van der Waals surface area contributed by atoms with Crippen LogP contribution in [0.2, 0.25) is 0 Å². The molecule has 2 saturated heterocycles. The maximum absolute atomic E-state index is 9.59. The van der Waals surface area contributed by atoms with Gasteiger partial charge in [-0.05, 0) is 31.6 Å². The molecule has 7 nitrogen and oxygen atoms in total. The van der Waals surface area contributed by atoms with E-state index in [4.69, 9.17) is 10.1 Å². The summed E-state index contributed by atoms with van der Waals surface area (Å²) >= 11 is 0. The van der Waals surface area contributed by atoms with Crippen LogP contribution in [0, 0.1) is 5.92 Å². The first-order valence-electron chi connectivity index (χ1n) is 10.9. The fraction of sp³-hybridized carbons (Fsp3) is 0.762. The highest BCUT2D eigenvalue weighted by molar-refractivity contribution is 5.90. The molecule has 7 heteroatoms. The minimum absolute atomic E-state index is 0.118. The number of nitrogens with zero attached hydrogens (tertiary/aromatic N) is 6. The van der Waals surface area contributed by atoms with E-state index in [1.165, 1.54) is 0 Å². The highest BCUT2D eigenvalue weighted by Crippen LogP contribution is 2.31. The predicted octanol–water partition coefficient (Wildman–Crippen LogP) is 2.47. The summed E-state index contributed by atoms with van der Waals surface area (Å²) in [5.41, 5.74) is 2.13. The summed E-state index contributed by atoms with van der Waals surface area (Å²) < 4.78 is 2.09. The van der Waals surface area contributed by atoms with Crippen LogP contribution in [0.15, 0.2) is 6.33 Å². The minimum atomic E-state index is -0.118. The fourth-order valence-electron chi connectivity index (χ4n) is 4.53. The Balaban J connectivity index is 1.59. The van der Waals surface area contributed by atoms with Crippen molar-refractivity contribution in [3.8, 4) is 0 Å². The third kappa shape index (κ3) is 3.87. The summed E-state index contributed by atoms with van der Waals surface area (Å²) in [6.07, 6.45) is 7.06. The molecule has 0 saturated carbocycles. The van der Waals surface area contributed by atoms with Crippen molar-refractivity contribution >= 4 is 16.9 Å². The van der Waals surface area contributed by atoms with Crippen molar-refractivity contribution in [2.45, 2.75) is 71.6 Å². The third-order valence-electron chi connectivity index (χ3n) is 6.08. The second-order valence-corrected chi connectivity index (χ2v) is 8.84. The van der Waals surface area contributed by atoms with Crippen molar-refractivity contribution in [3.63, 3.8) is 0 Å². The SMILES string of the molecule is CCCCn1nc(CC(C)C)c2c(N3CCC(N4CC(O)C4)CC3)ncnc21. The molecule has 0 radical (unpaired) electrons. The van der Waals surface area contributed by atoms with Crippen LogP contribution in [-0.2, 0) is 13.0 Å². The molecule has 4 heterocycles. The Morgan fingerprint density at radius 2 is 1.93 bits per heavy atom. The number of aliphatic hydroxyl groups excluding tert-OH is 1. The van der Waals surface area contributed by atoms with Crippen LogP contribution in [-0.4, -0.2) is 68.1 Å². The number of anilines is 1. The lowest BCUT2D eigenvalue weighted by atomic mass is 9.98. The zero-order valence-electron chi connectivity index (χ0n) is 17.5. The van der Waals surface area contributed by atoms with Crippen LogP contribution < -0.4 is 4.90 Å². The number of aryl methyl sites for hydroxylation is 1. The van der Waals surface area contributed by atoms with E-state index in [9.17, 15) is 5.11 Å². The van der Waals surface area contributed by atoms with Gasteiger partial charge in [-0.3, -0.25) is 4.90 Å². The summed E-state index contributed by atoms with van der Waals surface area (Å²) in [6.45, 7) is 11.3. The Bertz CT molecular complexity index is 790. The van der Waals surface area contributed by atoms with Gasteiger partial charge in [-0.15, -0.1) is 0 Å². The molecule has 2 aromatic heterocycles. The molecular formula is C21H34N6O. The van der Waals surface area contributed by atoms with Gasteiger partial charge in [0.15, 0.2) is 5.65 Å². The van der Waals surface area contributed by atoms with E-state index in [1.807, 2.05) is 0 Å². The lowest BCUT2D eigenvalue weighted by Gasteiger charge is -2.45. The largest absolute Gasteiger partial charge is 0.390 e. The Kier molecular flexibility index (Phi) is 5.83.